The van der Waals surface area contributed by atoms with Crippen LogP contribution in [-0.2, 0) is 5.54 Å². The maximum Gasteiger partial charge on any atom is 0.269 e. The van der Waals surface area contributed by atoms with Gasteiger partial charge < -0.3 is 5.32 Å². The first kappa shape index (κ1) is 22.7. The van der Waals surface area contributed by atoms with Gasteiger partial charge in [-0.25, -0.2) is 14.3 Å². The Kier molecular flexibility index (Phi) is 5.19. The van der Waals surface area contributed by atoms with E-state index in [9.17, 15) is 14.9 Å². The van der Waals surface area contributed by atoms with Crippen LogP contribution in [0.15, 0.2) is 36.4 Å². The Labute approximate surface area is 202 Å². The molecule has 3 aromatic heterocycles. The van der Waals surface area contributed by atoms with Gasteiger partial charge in [-0.2, -0.15) is 10.2 Å². The van der Waals surface area contributed by atoms with Crippen molar-refractivity contribution in [2.24, 2.45) is 0 Å². The molecule has 5 rings (SSSR count). The summed E-state index contributed by atoms with van der Waals surface area (Å²) in [5, 5.41) is 24.0. The molecule has 4 aromatic rings. The SMILES string of the molecule is Cc1cc(NC(=O)c2cc(C3CC3)nc3c2c(C)nn3C(C)(C)C)n(-c2ccc([N+](=O)[O-])cc2)n1. The number of non-ortho nitro benzene ring substituents is 1. The van der Waals surface area contributed by atoms with Crippen molar-refractivity contribution in [1.29, 1.82) is 0 Å². The number of fused-ring (bicyclic) bond motifs is 1. The van der Waals surface area contributed by atoms with E-state index in [1.807, 2.05) is 24.6 Å². The lowest BCUT2D eigenvalue weighted by atomic mass is 10.1. The summed E-state index contributed by atoms with van der Waals surface area (Å²) in [4.78, 5) is 29.1. The third-order valence-corrected chi connectivity index (χ3v) is 6.09. The van der Waals surface area contributed by atoms with Crippen LogP contribution in [-0.4, -0.2) is 35.4 Å². The molecule has 0 saturated heterocycles. The third-order valence-electron chi connectivity index (χ3n) is 6.09. The van der Waals surface area contributed by atoms with Crippen molar-refractivity contribution in [3.05, 3.63) is 69.2 Å². The van der Waals surface area contributed by atoms with E-state index in [0.29, 0.717) is 34.3 Å². The van der Waals surface area contributed by atoms with Crippen molar-refractivity contribution in [2.45, 2.75) is 58.9 Å². The zero-order valence-electron chi connectivity index (χ0n) is 20.4. The molecule has 1 aromatic carbocycles. The van der Waals surface area contributed by atoms with Gasteiger partial charge in [0.25, 0.3) is 11.6 Å². The van der Waals surface area contributed by atoms with Gasteiger partial charge in [0.2, 0.25) is 0 Å². The first-order chi connectivity index (χ1) is 16.5. The molecule has 1 aliphatic rings. The number of hydrogen-bond donors (Lipinski definition) is 1. The smallest absolute Gasteiger partial charge is 0.269 e. The molecule has 10 nitrogen and oxygen atoms in total. The average Bonchev–Trinajstić information content (AvgIpc) is 3.50. The molecule has 0 spiro atoms. The molecule has 180 valence electrons. The Morgan fingerprint density at radius 1 is 1.11 bits per heavy atom. The molecule has 1 saturated carbocycles. The van der Waals surface area contributed by atoms with Crippen LogP contribution in [0.5, 0.6) is 0 Å². The zero-order valence-corrected chi connectivity index (χ0v) is 20.4. The molecule has 1 aliphatic carbocycles. The molecule has 0 radical (unpaired) electrons. The summed E-state index contributed by atoms with van der Waals surface area (Å²) in [7, 11) is 0. The molecule has 1 amide bonds. The summed E-state index contributed by atoms with van der Waals surface area (Å²) in [5.74, 6) is 0.557. The van der Waals surface area contributed by atoms with E-state index in [-0.39, 0.29) is 17.1 Å². The number of pyridine rings is 1. The topological polar surface area (TPSA) is 121 Å². The highest BCUT2D eigenvalue weighted by Gasteiger charge is 2.30. The van der Waals surface area contributed by atoms with Gasteiger partial charge in [0.05, 0.1) is 38.5 Å². The number of nitro groups is 1. The fourth-order valence-corrected chi connectivity index (χ4v) is 4.23. The van der Waals surface area contributed by atoms with Crippen molar-refractivity contribution in [3.8, 4) is 5.69 Å². The molecule has 35 heavy (non-hydrogen) atoms. The summed E-state index contributed by atoms with van der Waals surface area (Å²) in [6, 6.07) is 9.69. The number of nitrogens with zero attached hydrogens (tertiary/aromatic N) is 6. The van der Waals surface area contributed by atoms with Crippen molar-refractivity contribution in [1.82, 2.24) is 24.5 Å². The van der Waals surface area contributed by atoms with Gasteiger partial charge in [0, 0.05) is 29.8 Å². The van der Waals surface area contributed by atoms with Crippen molar-refractivity contribution in [3.63, 3.8) is 0 Å². The molecule has 3 heterocycles. The minimum Gasteiger partial charge on any atom is -0.306 e. The number of hydrogen-bond acceptors (Lipinski definition) is 6. The van der Waals surface area contributed by atoms with Crippen LogP contribution in [0, 0.1) is 24.0 Å². The monoisotopic (exact) mass is 473 g/mol. The number of aromatic nitrogens is 5. The summed E-state index contributed by atoms with van der Waals surface area (Å²) < 4.78 is 3.47. The zero-order chi connectivity index (χ0) is 25.1. The third kappa shape index (κ3) is 4.16. The van der Waals surface area contributed by atoms with Gasteiger partial charge >= 0.3 is 0 Å². The number of anilines is 1. The van der Waals surface area contributed by atoms with Crippen LogP contribution >= 0.6 is 0 Å². The average molecular weight is 474 g/mol. The van der Waals surface area contributed by atoms with Crippen LogP contribution in [0.25, 0.3) is 16.7 Å². The van der Waals surface area contributed by atoms with Gasteiger partial charge in [-0.1, -0.05) is 0 Å². The fraction of sp³-hybridized carbons (Fsp3) is 0.360. The highest BCUT2D eigenvalue weighted by atomic mass is 16.6. The number of amides is 1. The number of nitro benzene ring substituents is 1. The Bertz CT molecular complexity index is 1470. The molecule has 1 N–H and O–H groups in total. The quantitative estimate of drug-likeness (QED) is 0.321. The van der Waals surface area contributed by atoms with Crippen molar-refractivity contribution < 1.29 is 9.72 Å². The summed E-state index contributed by atoms with van der Waals surface area (Å²) in [6.45, 7) is 9.91. The van der Waals surface area contributed by atoms with Gasteiger partial charge in [0.15, 0.2) is 5.65 Å². The molecule has 1 fully saturated rings. The number of aryl methyl sites for hydroxylation is 2. The van der Waals surface area contributed by atoms with Crippen LogP contribution in [0.2, 0.25) is 0 Å². The largest absolute Gasteiger partial charge is 0.306 e. The minimum absolute atomic E-state index is 0.0127. The van der Waals surface area contributed by atoms with E-state index in [1.165, 1.54) is 12.1 Å². The van der Waals surface area contributed by atoms with E-state index in [1.54, 1.807) is 22.9 Å². The van der Waals surface area contributed by atoms with E-state index < -0.39 is 4.92 Å². The Morgan fingerprint density at radius 2 is 1.80 bits per heavy atom. The Hall–Kier alpha value is -4.08. The van der Waals surface area contributed by atoms with Crippen molar-refractivity contribution >= 4 is 28.4 Å². The van der Waals surface area contributed by atoms with Crippen LogP contribution < -0.4 is 5.32 Å². The molecule has 0 unspecified atom stereocenters. The number of benzene rings is 1. The van der Waals surface area contributed by atoms with Crippen molar-refractivity contribution in [2.75, 3.05) is 5.32 Å². The fourth-order valence-electron chi connectivity index (χ4n) is 4.23. The van der Waals surface area contributed by atoms with Gasteiger partial charge in [0.1, 0.15) is 5.82 Å². The maximum absolute atomic E-state index is 13.7. The molecule has 10 heteroatoms. The Balaban J connectivity index is 1.57. The first-order valence-corrected chi connectivity index (χ1v) is 11.6. The van der Waals surface area contributed by atoms with E-state index in [4.69, 9.17) is 10.1 Å². The summed E-state index contributed by atoms with van der Waals surface area (Å²) in [5.41, 5.74) is 3.90. The predicted molar refractivity (Wildman–Crippen MR) is 132 cm³/mol. The molecular formula is C25H27N7O3. The normalized spacial score (nSPS) is 13.9. The number of carbonyl (C=O) groups excluding carboxylic acids is 1. The van der Waals surface area contributed by atoms with E-state index in [2.05, 4.69) is 31.2 Å². The second kappa shape index (κ2) is 8.00. The van der Waals surface area contributed by atoms with Crippen LogP contribution in [0.1, 0.15) is 67.0 Å². The van der Waals surface area contributed by atoms with Crippen LogP contribution in [0.3, 0.4) is 0 Å². The highest BCUT2D eigenvalue weighted by Crippen LogP contribution is 2.41. The lowest BCUT2D eigenvalue weighted by Crippen LogP contribution is -2.24. The second-order valence-corrected chi connectivity index (χ2v) is 10.0. The van der Waals surface area contributed by atoms with Crippen LogP contribution in [0.4, 0.5) is 11.5 Å². The maximum atomic E-state index is 13.7. The Morgan fingerprint density at radius 3 is 2.40 bits per heavy atom. The molecule has 0 bridgehead atoms. The standard InChI is InChI=1S/C25H27N7O3/c1-14-12-21(30(28-14)17-8-10-18(11-9-17)32(34)35)27-24(33)19-13-20(16-6-7-16)26-23-22(19)15(2)29-31(23)25(3,4)5/h8-13,16H,6-7H2,1-5H3,(H,27,33). The van der Waals surface area contributed by atoms with E-state index in [0.717, 1.165) is 29.6 Å². The number of carbonyl (C=O) groups is 1. The number of nitrogens with one attached hydrogen (secondary N) is 1. The first-order valence-electron chi connectivity index (χ1n) is 11.6. The second-order valence-electron chi connectivity index (χ2n) is 10.0. The molecular weight excluding hydrogens is 446 g/mol. The minimum atomic E-state index is -0.451. The number of rotatable bonds is 5. The van der Waals surface area contributed by atoms with E-state index >= 15 is 0 Å². The van der Waals surface area contributed by atoms with Gasteiger partial charge in [-0.3, -0.25) is 14.9 Å². The van der Waals surface area contributed by atoms with Gasteiger partial charge in [-0.15, -0.1) is 0 Å². The highest BCUT2D eigenvalue weighted by molar-refractivity contribution is 6.12. The lowest BCUT2D eigenvalue weighted by Gasteiger charge is -2.20. The molecule has 0 aliphatic heterocycles. The predicted octanol–water partition coefficient (Wildman–Crippen LogP) is 5.03. The van der Waals surface area contributed by atoms with Gasteiger partial charge in [-0.05, 0) is 65.7 Å². The summed E-state index contributed by atoms with van der Waals surface area (Å²) in [6.07, 6.45) is 2.13. The summed E-state index contributed by atoms with van der Waals surface area (Å²) >= 11 is 0. The lowest BCUT2D eigenvalue weighted by molar-refractivity contribution is -0.384. The molecule has 0 atom stereocenters.